The van der Waals surface area contributed by atoms with Gasteiger partial charge in [0.2, 0.25) is 0 Å². The van der Waals surface area contributed by atoms with E-state index in [9.17, 15) is 5.11 Å². The van der Waals surface area contributed by atoms with Gasteiger partial charge >= 0.3 is 0 Å². The lowest BCUT2D eigenvalue weighted by atomic mass is 9.72. The molecule has 144 valence electrons. The fraction of sp³-hybridized carbons (Fsp3) is 0.520. The van der Waals surface area contributed by atoms with Gasteiger partial charge in [-0.05, 0) is 71.4 Å². The standard InChI is InChI=1S/C25H32O2/c1-16-11-20-21(12-22(16)27-13-17(2)26)25(15-24(20,5)6)14-23(3,4)18-9-7-8-10-19(18)25/h7-12,17,26H,13-15H2,1-6H3. The van der Waals surface area contributed by atoms with E-state index in [1.807, 2.05) is 0 Å². The summed E-state index contributed by atoms with van der Waals surface area (Å²) < 4.78 is 5.98. The van der Waals surface area contributed by atoms with Crippen LogP contribution < -0.4 is 4.74 Å². The van der Waals surface area contributed by atoms with Gasteiger partial charge in [0.25, 0.3) is 0 Å². The quantitative estimate of drug-likeness (QED) is 0.790. The minimum absolute atomic E-state index is 0.0512. The molecule has 1 spiro atoms. The molecule has 2 heteroatoms. The molecule has 2 aliphatic rings. The minimum atomic E-state index is -0.464. The van der Waals surface area contributed by atoms with Crippen LogP contribution in [-0.4, -0.2) is 17.8 Å². The molecular formula is C25H32O2. The van der Waals surface area contributed by atoms with Gasteiger partial charge in [0.05, 0.1) is 6.10 Å². The predicted octanol–water partition coefficient (Wildman–Crippen LogP) is 5.40. The normalized spacial score (nSPS) is 25.3. The highest BCUT2D eigenvalue weighted by Crippen LogP contribution is 2.63. The van der Waals surface area contributed by atoms with E-state index < -0.39 is 6.10 Å². The molecule has 0 aromatic heterocycles. The van der Waals surface area contributed by atoms with Crippen LogP contribution in [0.5, 0.6) is 5.75 Å². The second-order valence-corrected chi connectivity index (χ2v) is 10.1. The van der Waals surface area contributed by atoms with Crippen molar-refractivity contribution in [1.29, 1.82) is 0 Å². The molecule has 0 fully saturated rings. The van der Waals surface area contributed by atoms with Crippen molar-refractivity contribution in [2.75, 3.05) is 6.61 Å². The second-order valence-electron chi connectivity index (χ2n) is 10.1. The van der Waals surface area contributed by atoms with Gasteiger partial charge in [-0.15, -0.1) is 0 Å². The van der Waals surface area contributed by atoms with Gasteiger partial charge < -0.3 is 9.84 Å². The Balaban J connectivity index is 1.92. The third-order valence-electron chi connectivity index (χ3n) is 6.70. The van der Waals surface area contributed by atoms with Gasteiger partial charge in [-0.2, -0.15) is 0 Å². The van der Waals surface area contributed by atoms with Crippen LogP contribution >= 0.6 is 0 Å². The predicted molar refractivity (Wildman–Crippen MR) is 111 cm³/mol. The summed E-state index contributed by atoms with van der Waals surface area (Å²) in [5.74, 6) is 0.911. The Hall–Kier alpha value is -1.80. The number of aliphatic hydroxyl groups excluding tert-OH is 1. The molecule has 4 rings (SSSR count). The SMILES string of the molecule is Cc1cc2c(cc1OCC(C)O)C1(CC(C)(C)c3ccccc31)CC2(C)C. The van der Waals surface area contributed by atoms with Gasteiger partial charge in [0.1, 0.15) is 12.4 Å². The summed E-state index contributed by atoms with van der Waals surface area (Å²) in [6.45, 7) is 13.7. The van der Waals surface area contributed by atoms with E-state index >= 15 is 0 Å². The highest BCUT2D eigenvalue weighted by molar-refractivity contribution is 5.61. The summed E-state index contributed by atoms with van der Waals surface area (Å²) in [5, 5.41) is 9.66. The van der Waals surface area contributed by atoms with Crippen LogP contribution in [0.25, 0.3) is 0 Å². The summed E-state index contributed by atoms with van der Waals surface area (Å²) in [5.41, 5.74) is 7.37. The molecule has 2 aromatic rings. The Kier molecular flexibility index (Phi) is 4.02. The number of hydrogen-bond acceptors (Lipinski definition) is 2. The highest BCUT2D eigenvalue weighted by Gasteiger charge is 2.56. The van der Waals surface area contributed by atoms with E-state index in [0.717, 1.165) is 24.2 Å². The van der Waals surface area contributed by atoms with Crippen molar-refractivity contribution in [2.24, 2.45) is 0 Å². The van der Waals surface area contributed by atoms with Gasteiger partial charge in [-0.25, -0.2) is 0 Å². The van der Waals surface area contributed by atoms with Crippen molar-refractivity contribution in [3.05, 3.63) is 64.2 Å². The largest absolute Gasteiger partial charge is 0.491 e. The number of rotatable bonds is 3. The number of hydrogen-bond donors (Lipinski definition) is 1. The van der Waals surface area contributed by atoms with Crippen LogP contribution in [0.3, 0.4) is 0 Å². The first-order valence-corrected chi connectivity index (χ1v) is 10.1. The molecule has 2 aliphatic carbocycles. The van der Waals surface area contributed by atoms with Gasteiger partial charge in [0, 0.05) is 5.41 Å². The minimum Gasteiger partial charge on any atom is -0.491 e. The Morgan fingerprint density at radius 1 is 0.926 bits per heavy atom. The molecule has 2 aromatic carbocycles. The molecule has 2 nitrogen and oxygen atoms in total. The van der Waals surface area contributed by atoms with Crippen molar-refractivity contribution < 1.29 is 9.84 Å². The molecule has 0 radical (unpaired) electrons. The molecule has 0 heterocycles. The highest BCUT2D eigenvalue weighted by atomic mass is 16.5. The molecule has 1 N–H and O–H groups in total. The number of benzene rings is 2. The van der Waals surface area contributed by atoms with Gasteiger partial charge in [0.15, 0.2) is 0 Å². The third kappa shape index (κ3) is 2.72. The number of aryl methyl sites for hydroxylation is 1. The van der Waals surface area contributed by atoms with E-state index in [2.05, 4.69) is 71.0 Å². The lowest BCUT2D eigenvalue weighted by Gasteiger charge is -2.30. The zero-order chi connectivity index (χ0) is 19.6. The van der Waals surface area contributed by atoms with Crippen LogP contribution in [0, 0.1) is 6.92 Å². The van der Waals surface area contributed by atoms with Gasteiger partial charge in [-0.1, -0.05) is 58.0 Å². The van der Waals surface area contributed by atoms with Crippen LogP contribution in [0.15, 0.2) is 36.4 Å². The van der Waals surface area contributed by atoms with Crippen LogP contribution in [0.1, 0.15) is 75.3 Å². The van der Waals surface area contributed by atoms with E-state index in [4.69, 9.17) is 4.74 Å². The number of fused-ring (bicyclic) bond motifs is 4. The maximum absolute atomic E-state index is 9.66. The molecule has 0 aliphatic heterocycles. The van der Waals surface area contributed by atoms with Crippen LogP contribution in [0.2, 0.25) is 0 Å². The molecule has 27 heavy (non-hydrogen) atoms. The fourth-order valence-electron chi connectivity index (χ4n) is 5.79. The van der Waals surface area contributed by atoms with Gasteiger partial charge in [-0.3, -0.25) is 0 Å². The monoisotopic (exact) mass is 364 g/mol. The van der Waals surface area contributed by atoms with Crippen LogP contribution in [-0.2, 0) is 16.2 Å². The maximum Gasteiger partial charge on any atom is 0.122 e. The van der Waals surface area contributed by atoms with E-state index in [0.29, 0.717) is 6.61 Å². The number of aliphatic hydroxyl groups is 1. The molecule has 0 saturated heterocycles. The van der Waals surface area contributed by atoms with E-state index in [1.54, 1.807) is 6.92 Å². The van der Waals surface area contributed by atoms with Crippen molar-refractivity contribution >= 4 is 0 Å². The Morgan fingerprint density at radius 2 is 1.52 bits per heavy atom. The molecule has 0 amide bonds. The van der Waals surface area contributed by atoms with Crippen LogP contribution in [0.4, 0.5) is 0 Å². The maximum atomic E-state index is 9.66. The summed E-state index contributed by atoms with van der Waals surface area (Å²) in [6.07, 6.45) is 1.80. The summed E-state index contributed by atoms with van der Waals surface area (Å²) >= 11 is 0. The zero-order valence-corrected chi connectivity index (χ0v) is 17.5. The van der Waals surface area contributed by atoms with Crippen molar-refractivity contribution in [2.45, 2.75) is 76.7 Å². The average Bonchev–Trinajstić information content (AvgIpc) is 2.93. The van der Waals surface area contributed by atoms with E-state index in [-0.39, 0.29) is 16.2 Å². The molecular weight excluding hydrogens is 332 g/mol. The smallest absolute Gasteiger partial charge is 0.122 e. The van der Waals surface area contributed by atoms with E-state index in [1.165, 1.54) is 22.3 Å². The third-order valence-corrected chi connectivity index (χ3v) is 6.70. The fourth-order valence-corrected chi connectivity index (χ4v) is 5.79. The first kappa shape index (κ1) is 18.6. The van der Waals surface area contributed by atoms with Crippen molar-refractivity contribution in [1.82, 2.24) is 0 Å². The van der Waals surface area contributed by atoms with Crippen molar-refractivity contribution in [3.63, 3.8) is 0 Å². The zero-order valence-electron chi connectivity index (χ0n) is 17.5. The lowest BCUT2D eigenvalue weighted by Crippen LogP contribution is -2.27. The molecule has 2 unspecified atom stereocenters. The summed E-state index contributed by atoms with van der Waals surface area (Å²) in [7, 11) is 0. The molecule has 0 saturated carbocycles. The first-order valence-electron chi connectivity index (χ1n) is 10.1. The topological polar surface area (TPSA) is 29.5 Å². The second kappa shape index (κ2) is 5.85. The summed E-state index contributed by atoms with van der Waals surface area (Å²) in [4.78, 5) is 0. The Labute approximate surface area is 163 Å². The molecule has 0 bridgehead atoms. The lowest BCUT2D eigenvalue weighted by molar-refractivity contribution is 0.122. The Bertz CT molecular complexity index is 891. The molecule has 2 atom stereocenters. The number of ether oxygens (including phenoxy) is 1. The van der Waals surface area contributed by atoms with Crippen molar-refractivity contribution in [3.8, 4) is 5.75 Å². The Morgan fingerprint density at radius 3 is 2.15 bits per heavy atom. The average molecular weight is 365 g/mol. The first-order chi connectivity index (χ1) is 12.6. The summed E-state index contributed by atoms with van der Waals surface area (Å²) in [6, 6.07) is 13.6.